The number of alkyl halides is 3. The fraction of sp³-hybridized carbons (Fsp3) is 0.438. The van der Waals surface area contributed by atoms with Crippen LogP contribution in [0.4, 0.5) is 23.7 Å². The summed E-state index contributed by atoms with van der Waals surface area (Å²) in [6.07, 6.45) is -2.89. The van der Waals surface area contributed by atoms with Crippen LogP contribution in [0.3, 0.4) is 0 Å². The Balaban J connectivity index is 1.72. The molecule has 0 bridgehead atoms. The fourth-order valence-electron chi connectivity index (χ4n) is 2.93. The molecule has 0 aromatic heterocycles. The van der Waals surface area contributed by atoms with Gasteiger partial charge in [0.15, 0.2) is 0 Å². The second kappa shape index (κ2) is 6.39. The number of nitrogens with one attached hydrogen (secondary N) is 2. The third-order valence-corrected chi connectivity index (χ3v) is 5.51. The summed E-state index contributed by atoms with van der Waals surface area (Å²) >= 11 is 1.79. The number of carbonyl (C=O) groups is 3. The molecule has 1 saturated heterocycles. The van der Waals surface area contributed by atoms with Gasteiger partial charge < -0.3 is 10.6 Å². The number of rotatable bonds is 4. The molecule has 1 aromatic rings. The zero-order valence-electron chi connectivity index (χ0n) is 13.6. The third kappa shape index (κ3) is 3.51. The average molecular weight is 481 g/mol. The topological polar surface area (TPSA) is 78.5 Å². The van der Waals surface area contributed by atoms with Gasteiger partial charge in [0.2, 0.25) is 5.91 Å². The molecule has 1 aliphatic carbocycles. The highest BCUT2D eigenvalue weighted by Crippen LogP contribution is 2.42. The van der Waals surface area contributed by atoms with Gasteiger partial charge in [0, 0.05) is 3.57 Å². The van der Waals surface area contributed by atoms with Crippen molar-refractivity contribution in [3.05, 3.63) is 27.3 Å². The van der Waals surface area contributed by atoms with Crippen LogP contribution >= 0.6 is 22.6 Å². The van der Waals surface area contributed by atoms with Crippen molar-refractivity contribution >= 4 is 46.1 Å². The maximum absolute atomic E-state index is 12.8. The second-order valence-electron chi connectivity index (χ2n) is 6.54. The van der Waals surface area contributed by atoms with Crippen molar-refractivity contribution in [2.24, 2.45) is 5.92 Å². The molecule has 1 unspecified atom stereocenters. The summed E-state index contributed by atoms with van der Waals surface area (Å²) in [5.74, 6) is -1.18. The molecule has 2 fully saturated rings. The first-order chi connectivity index (χ1) is 12.0. The van der Waals surface area contributed by atoms with Gasteiger partial charge in [-0.05, 0) is 66.5 Å². The Labute approximate surface area is 160 Å². The van der Waals surface area contributed by atoms with Crippen molar-refractivity contribution in [2.75, 3.05) is 11.9 Å². The lowest BCUT2D eigenvalue weighted by Crippen LogP contribution is -2.46. The van der Waals surface area contributed by atoms with Gasteiger partial charge in [-0.1, -0.05) is 0 Å². The molecule has 1 heterocycles. The summed E-state index contributed by atoms with van der Waals surface area (Å²) in [7, 11) is 0. The van der Waals surface area contributed by atoms with Crippen molar-refractivity contribution in [3.63, 3.8) is 0 Å². The van der Waals surface area contributed by atoms with E-state index in [4.69, 9.17) is 0 Å². The number of imide groups is 1. The smallest absolute Gasteiger partial charge is 0.324 e. The Morgan fingerprint density at radius 3 is 2.62 bits per heavy atom. The van der Waals surface area contributed by atoms with E-state index in [-0.39, 0.29) is 11.6 Å². The predicted octanol–water partition coefficient (Wildman–Crippen LogP) is 2.97. The lowest BCUT2D eigenvalue weighted by atomic mass is 9.96. The van der Waals surface area contributed by atoms with Crippen LogP contribution in [0, 0.1) is 9.49 Å². The molecule has 0 spiro atoms. The standard InChI is InChI=1S/C16H15F3IN3O3/c1-15(8-2-3-8)13(25)23(14(26)22-15)7-12(24)21-11-6-9(16(17,18)19)4-5-10(11)20/h4-6,8H,2-3,7H2,1H3,(H,21,24)(H,22,26). The molecule has 10 heteroatoms. The normalized spacial score (nSPS) is 23.2. The molecule has 140 valence electrons. The maximum Gasteiger partial charge on any atom is 0.416 e. The van der Waals surface area contributed by atoms with Crippen molar-refractivity contribution in [1.82, 2.24) is 10.2 Å². The van der Waals surface area contributed by atoms with E-state index in [9.17, 15) is 27.6 Å². The fourth-order valence-corrected chi connectivity index (χ4v) is 3.40. The van der Waals surface area contributed by atoms with Crippen LogP contribution in [0.1, 0.15) is 25.3 Å². The Hall–Kier alpha value is -1.85. The first kappa shape index (κ1) is 18.9. The summed E-state index contributed by atoms with van der Waals surface area (Å²) in [6, 6.07) is 2.30. The van der Waals surface area contributed by atoms with E-state index in [0.717, 1.165) is 29.9 Å². The molecule has 3 rings (SSSR count). The number of anilines is 1. The average Bonchev–Trinajstić information content (AvgIpc) is 3.35. The van der Waals surface area contributed by atoms with Crippen molar-refractivity contribution in [2.45, 2.75) is 31.5 Å². The number of nitrogens with zero attached hydrogens (tertiary/aromatic N) is 1. The molecule has 0 radical (unpaired) electrons. The largest absolute Gasteiger partial charge is 0.416 e. The Morgan fingerprint density at radius 2 is 2.04 bits per heavy atom. The SMILES string of the molecule is CC1(C2CC2)NC(=O)N(CC(=O)Nc2cc(C(F)(F)F)ccc2I)C1=O. The minimum absolute atomic E-state index is 0.0255. The molecular weight excluding hydrogens is 466 g/mol. The molecule has 2 aliphatic rings. The van der Waals surface area contributed by atoms with Gasteiger partial charge in [0.05, 0.1) is 11.3 Å². The summed E-state index contributed by atoms with van der Waals surface area (Å²) in [6.45, 7) is 1.07. The van der Waals surface area contributed by atoms with Crippen LogP contribution in [0.25, 0.3) is 0 Å². The zero-order chi connectivity index (χ0) is 19.3. The highest BCUT2D eigenvalue weighted by atomic mass is 127. The Morgan fingerprint density at radius 1 is 1.38 bits per heavy atom. The highest BCUT2D eigenvalue weighted by molar-refractivity contribution is 14.1. The quantitative estimate of drug-likeness (QED) is 0.513. The van der Waals surface area contributed by atoms with E-state index < -0.39 is 41.7 Å². The Kier molecular flexibility index (Phi) is 4.65. The molecule has 1 aliphatic heterocycles. The van der Waals surface area contributed by atoms with Crippen LogP contribution in [0.5, 0.6) is 0 Å². The van der Waals surface area contributed by atoms with Crippen molar-refractivity contribution in [1.29, 1.82) is 0 Å². The molecule has 2 N–H and O–H groups in total. The number of benzene rings is 1. The molecule has 26 heavy (non-hydrogen) atoms. The minimum atomic E-state index is -4.54. The van der Waals surface area contributed by atoms with Crippen molar-refractivity contribution < 1.29 is 27.6 Å². The summed E-state index contributed by atoms with van der Waals surface area (Å²) in [4.78, 5) is 37.5. The van der Waals surface area contributed by atoms with Crippen LogP contribution in [-0.2, 0) is 15.8 Å². The molecule has 4 amide bonds. The maximum atomic E-state index is 12.8. The molecule has 1 saturated carbocycles. The number of amides is 4. The number of carbonyl (C=O) groups excluding carboxylic acids is 3. The highest BCUT2D eigenvalue weighted by Gasteiger charge is 2.56. The first-order valence-corrected chi connectivity index (χ1v) is 8.91. The van der Waals surface area contributed by atoms with Gasteiger partial charge >= 0.3 is 12.2 Å². The van der Waals surface area contributed by atoms with Crippen molar-refractivity contribution in [3.8, 4) is 0 Å². The van der Waals surface area contributed by atoms with Gasteiger partial charge in [0.25, 0.3) is 5.91 Å². The van der Waals surface area contributed by atoms with E-state index in [2.05, 4.69) is 10.6 Å². The lowest BCUT2D eigenvalue weighted by molar-refractivity contribution is -0.137. The van der Waals surface area contributed by atoms with E-state index in [1.54, 1.807) is 29.5 Å². The van der Waals surface area contributed by atoms with Crippen LogP contribution in [-0.4, -0.2) is 34.8 Å². The van der Waals surface area contributed by atoms with Crippen LogP contribution < -0.4 is 10.6 Å². The van der Waals surface area contributed by atoms with Gasteiger partial charge in [0.1, 0.15) is 12.1 Å². The number of hydrogen-bond donors (Lipinski definition) is 2. The summed E-state index contributed by atoms with van der Waals surface area (Å²) < 4.78 is 38.8. The predicted molar refractivity (Wildman–Crippen MR) is 94.2 cm³/mol. The lowest BCUT2D eigenvalue weighted by Gasteiger charge is -2.20. The summed E-state index contributed by atoms with van der Waals surface area (Å²) in [5.41, 5.74) is -1.94. The number of urea groups is 1. The molecule has 6 nitrogen and oxygen atoms in total. The third-order valence-electron chi connectivity index (χ3n) is 4.56. The first-order valence-electron chi connectivity index (χ1n) is 7.83. The van der Waals surface area contributed by atoms with E-state index >= 15 is 0 Å². The van der Waals surface area contributed by atoms with Crippen LogP contribution in [0.2, 0.25) is 0 Å². The van der Waals surface area contributed by atoms with Gasteiger partial charge in [-0.3, -0.25) is 14.5 Å². The number of halogens is 4. The zero-order valence-corrected chi connectivity index (χ0v) is 15.8. The molecular formula is C16H15F3IN3O3. The monoisotopic (exact) mass is 481 g/mol. The van der Waals surface area contributed by atoms with E-state index in [1.807, 2.05) is 0 Å². The van der Waals surface area contributed by atoms with Gasteiger partial charge in [-0.25, -0.2) is 4.79 Å². The Bertz CT molecular complexity index is 795. The van der Waals surface area contributed by atoms with E-state index in [0.29, 0.717) is 3.57 Å². The molecule has 1 aromatic carbocycles. The minimum Gasteiger partial charge on any atom is -0.324 e. The number of hydrogen-bond acceptors (Lipinski definition) is 3. The summed E-state index contributed by atoms with van der Waals surface area (Å²) in [5, 5.41) is 4.95. The van der Waals surface area contributed by atoms with Crippen LogP contribution in [0.15, 0.2) is 18.2 Å². The van der Waals surface area contributed by atoms with E-state index in [1.165, 1.54) is 6.07 Å². The van der Waals surface area contributed by atoms with Gasteiger partial charge in [-0.2, -0.15) is 13.2 Å². The van der Waals surface area contributed by atoms with Gasteiger partial charge in [-0.15, -0.1) is 0 Å². The molecule has 1 atom stereocenters. The second-order valence-corrected chi connectivity index (χ2v) is 7.70.